The molecule has 0 saturated heterocycles. The number of anilines is 1. The molecule has 5 nitrogen and oxygen atoms in total. The number of benzene rings is 2. The third kappa shape index (κ3) is 3.81. The molecule has 146 valence electrons. The smallest absolute Gasteiger partial charge is 0.339 e. The number of ketones is 1. The lowest BCUT2D eigenvalue weighted by Crippen LogP contribution is -2.31. The first-order valence-corrected chi connectivity index (χ1v) is 10.2. The van der Waals surface area contributed by atoms with Crippen molar-refractivity contribution in [2.45, 2.75) is 12.8 Å². The zero-order valence-electron chi connectivity index (χ0n) is 15.1. The SMILES string of the molecule is O=C1CC(C(=O)Nc2scc(-c3ccc(Cl)cc3)c2C(=O)O)Cc2ccccc21. The van der Waals surface area contributed by atoms with E-state index < -0.39 is 11.9 Å². The highest BCUT2D eigenvalue weighted by Crippen LogP contribution is 2.37. The average Bonchev–Trinajstić information content (AvgIpc) is 3.12. The molecule has 1 aromatic heterocycles. The number of Topliss-reactive ketones (excluding diaryl/α,β-unsaturated/α-hetero) is 1. The molecule has 2 N–H and O–H groups in total. The third-order valence-corrected chi connectivity index (χ3v) is 6.13. The second-order valence-electron chi connectivity index (χ2n) is 6.84. The predicted molar refractivity (Wildman–Crippen MR) is 113 cm³/mol. The number of nitrogens with one attached hydrogen (secondary N) is 1. The number of amides is 1. The van der Waals surface area contributed by atoms with Gasteiger partial charge in [-0.25, -0.2) is 4.79 Å². The summed E-state index contributed by atoms with van der Waals surface area (Å²) in [5.74, 6) is -2.07. The van der Waals surface area contributed by atoms with E-state index in [2.05, 4.69) is 5.32 Å². The van der Waals surface area contributed by atoms with Gasteiger partial charge in [0.15, 0.2) is 5.78 Å². The highest BCUT2D eigenvalue weighted by molar-refractivity contribution is 7.15. The zero-order chi connectivity index (χ0) is 20.5. The standard InChI is InChI=1S/C22H16ClNO4S/c23-15-7-5-12(6-8-15)17-11-29-21(19(17)22(27)28)24-20(26)14-9-13-3-1-2-4-16(13)18(25)10-14/h1-8,11,14H,9-10H2,(H,24,26)(H,27,28). The maximum absolute atomic E-state index is 12.8. The van der Waals surface area contributed by atoms with Crippen LogP contribution >= 0.6 is 22.9 Å². The van der Waals surface area contributed by atoms with Gasteiger partial charge in [-0.15, -0.1) is 11.3 Å². The first-order valence-electron chi connectivity index (χ1n) is 8.96. The Morgan fingerprint density at radius 2 is 1.76 bits per heavy atom. The van der Waals surface area contributed by atoms with Crippen LogP contribution in [0.5, 0.6) is 0 Å². The summed E-state index contributed by atoms with van der Waals surface area (Å²) in [5.41, 5.74) is 2.75. The van der Waals surface area contributed by atoms with Gasteiger partial charge in [0.05, 0.1) is 0 Å². The van der Waals surface area contributed by atoms with Crippen molar-refractivity contribution in [2.75, 3.05) is 5.32 Å². The van der Waals surface area contributed by atoms with Crippen LogP contribution in [-0.2, 0) is 11.2 Å². The molecule has 29 heavy (non-hydrogen) atoms. The fraction of sp³-hybridized carbons (Fsp3) is 0.136. The second kappa shape index (κ2) is 7.81. The first-order chi connectivity index (χ1) is 13.9. The largest absolute Gasteiger partial charge is 0.478 e. The van der Waals surface area contributed by atoms with E-state index in [1.165, 1.54) is 0 Å². The minimum atomic E-state index is -1.13. The molecule has 0 fully saturated rings. The number of hydrogen-bond acceptors (Lipinski definition) is 4. The minimum Gasteiger partial charge on any atom is -0.478 e. The van der Waals surface area contributed by atoms with Crippen molar-refractivity contribution in [3.05, 3.63) is 75.6 Å². The number of hydrogen-bond donors (Lipinski definition) is 2. The number of halogens is 1. The predicted octanol–water partition coefficient (Wildman–Crippen LogP) is 5.15. The quantitative estimate of drug-likeness (QED) is 0.605. The first kappa shape index (κ1) is 19.4. The number of carbonyl (C=O) groups is 3. The number of fused-ring (bicyclic) bond motifs is 1. The Kier molecular flexibility index (Phi) is 5.22. The fourth-order valence-corrected chi connectivity index (χ4v) is 4.64. The van der Waals surface area contributed by atoms with Crippen molar-refractivity contribution < 1.29 is 19.5 Å². The second-order valence-corrected chi connectivity index (χ2v) is 8.16. The molecule has 0 spiro atoms. The molecular formula is C22H16ClNO4S. The van der Waals surface area contributed by atoms with E-state index in [0.29, 0.717) is 28.1 Å². The monoisotopic (exact) mass is 425 g/mol. The maximum atomic E-state index is 12.8. The van der Waals surface area contributed by atoms with Crippen LogP contribution in [0.2, 0.25) is 5.02 Å². The lowest BCUT2D eigenvalue weighted by molar-refractivity contribution is -0.119. The highest BCUT2D eigenvalue weighted by Gasteiger charge is 2.31. The summed E-state index contributed by atoms with van der Waals surface area (Å²) in [5, 5.41) is 15.0. The molecule has 1 heterocycles. The molecule has 3 aromatic rings. The molecule has 0 radical (unpaired) electrons. The Hall–Kier alpha value is -2.96. The van der Waals surface area contributed by atoms with E-state index in [-0.39, 0.29) is 28.7 Å². The topological polar surface area (TPSA) is 83.5 Å². The Bertz CT molecular complexity index is 1120. The molecule has 4 rings (SSSR count). The molecule has 0 aliphatic heterocycles. The van der Waals surface area contributed by atoms with E-state index in [9.17, 15) is 19.5 Å². The summed E-state index contributed by atoms with van der Waals surface area (Å²) in [6.07, 6.45) is 0.562. The number of thiophene rings is 1. The summed E-state index contributed by atoms with van der Waals surface area (Å²) in [4.78, 5) is 37.1. The minimum absolute atomic E-state index is 0.0354. The van der Waals surface area contributed by atoms with Gasteiger partial charge in [-0.2, -0.15) is 0 Å². The van der Waals surface area contributed by atoms with Gasteiger partial charge in [-0.3, -0.25) is 9.59 Å². The molecule has 1 aliphatic carbocycles. The van der Waals surface area contributed by atoms with Crippen LogP contribution in [0.1, 0.15) is 32.7 Å². The lowest BCUT2D eigenvalue weighted by Gasteiger charge is -2.22. The van der Waals surface area contributed by atoms with Crippen LogP contribution in [0.4, 0.5) is 5.00 Å². The molecule has 2 aromatic carbocycles. The van der Waals surface area contributed by atoms with Gasteiger partial charge in [-0.05, 0) is 29.7 Å². The van der Waals surface area contributed by atoms with Crippen molar-refractivity contribution in [3.8, 4) is 11.1 Å². The Morgan fingerprint density at radius 1 is 1.03 bits per heavy atom. The van der Waals surface area contributed by atoms with Crippen molar-refractivity contribution in [1.29, 1.82) is 0 Å². The average molecular weight is 426 g/mol. The number of carbonyl (C=O) groups excluding carboxylic acids is 2. The van der Waals surface area contributed by atoms with Gasteiger partial charge < -0.3 is 10.4 Å². The van der Waals surface area contributed by atoms with E-state index in [4.69, 9.17) is 11.6 Å². The lowest BCUT2D eigenvalue weighted by atomic mass is 9.82. The molecule has 1 unspecified atom stereocenters. The van der Waals surface area contributed by atoms with Gasteiger partial charge >= 0.3 is 5.97 Å². The number of rotatable bonds is 4. The molecule has 0 saturated carbocycles. The maximum Gasteiger partial charge on any atom is 0.339 e. The molecular weight excluding hydrogens is 410 g/mol. The molecule has 1 amide bonds. The fourth-order valence-electron chi connectivity index (χ4n) is 3.55. The van der Waals surface area contributed by atoms with E-state index >= 15 is 0 Å². The highest BCUT2D eigenvalue weighted by atomic mass is 35.5. The Balaban J connectivity index is 1.60. The summed E-state index contributed by atoms with van der Waals surface area (Å²) in [6.45, 7) is 0. The summed E-state index contributed by atoms with van der Waals surface area (Å²) < 4.78 is 0. The van der Waals surface area contributed by atoms with Crippen LogP contribution in [0, 0.1) is 5.92 Å². The van der Waals surface area contributed by atoms with Crippen LogP contribution < -0.4 is 5.32 Å². The number of carboxylic acid groups (broad SMARTS) is 1. The Labute approximate surface area is 176 Å². The van der Waals surface area contributed by atoms with Gasteiger partial charge in [0.1, 0.15) is 10.6 Å². The van der Waals surface area contributed by atoms with Crippen molar-refractivity contribution in [1.82, 2.24) is 0 Å². The van der Waals surface area contributed by atoms with E-state index in [1.807, 2.05) is 12.1 Å². The van der Waals surface area contributed by atoms with E-state index in [0.717, 1.165) is 16.9 Å². The zero-order valence-corrected chi connectivity index (χ0v) is 16.7. The van der Waals surface area contributed by atoms with Crippen molar-refractivity contribution in [2.24, 2.45) is 5.92 Å². The van der Waals surface area contributed by atoms with Crippen LogP contribution in [-0.4, -0.2) is 22.8 Å². The number of carboxylic acids is 1. The molecule has 7 heteroatoms. The number of aromatic carboxylic acids is 1. The third-order valence-electron chi connectivity index (χ3n) is 4.98. The normalized spacial score (nSPS) is 15.6. The molecule has 1 aliphatic rings. The van der Waals surface area contributed by atoms with Crippen LogP contribution in [0.25, 0.3) is 11.1 Å². The van der Waals surface area contributed by atoms with Crippen LogP contribution in [0.15, 0.2) is 53.9 Å². The van der Waals surface area contributed by atoms with Crippen LogP contribution in [0.3, 0.4) is 0 Å². The molecule has 0 bridgehead atoms. The van der Waals surface area contributed by atoms with E-state index in [1.54, 1.807) is 41.8 Å². The van der Waals surface area contributed by atoms with Gasteiger partial charge in [0.2, 0.25) is 5.91 Å². The van der Waals surface area contributed by atoms with Gasteiger partial charge in [-0.1, -0.05) is 48.0 Å². The van der Waals surface area contributed by atoms with Gasteiger partial charge in [0, 0.05) is 33.9 Å². The summed E-state index contributed by atoms with van der Waals surface area (Å²) in [6, 6.07) is 14.1. The summed E-state index contributed by atoms with van der Waals surface area (Å²) in [7, 11) is 0. The molecule has 1 atom stereocenters. The van der Waals surface area contributed by atoms with Gasteiger partial charge in [0.25, 0.3) is 0 Å². The van der Waals surface area contributed by atoms with Crippen molar-refractivity contribution >= 4 is 45.6 Å². The Morgan fingerprint density at radius 3 is 2.48 bits per heavy atom. The summed E-state index contributed by atoms with van der Waals surface area (Å²) >= 11 is 7.06. The van der Waals surface area contributed by atoms with Crippen molar-refractivity contribution in [3.63, 3.8) is 0 Å².